The Hall–Kier alpha value is -2.11. The molecule has 7 heteroatoms. The number of amides is 1. The normalized spacial score (nSPS) is 11.8. The van der Waals surface area contributed by atoms with Crippen LogP contribution in [0.4, 0.5) is 11.4 Å². The van der Waals surface area contributed by atoms with Crippen molar-refractivity contribution in [3.63, 3.8) is 0 Å². The first-order valence-electron chi connectivity index (χ1n) is 6.38. The maximum absolute atomic E-state index is 12.2. The molecule has 0 unspecified atom stereocenters. The molecule has 0 fully saturated rings. The zero-order chi connectivity index (χ0) is 16.3. The Bertz CT molecular complexity index is 717. The van der Waals surface area contributed by atoms with Crippen LogP contribution in [0.25, 0.3) is 0 Å². The van der Waals surface area contributed by atoms with Gasteiger partial charge in [0.2, 0.25) is 5.91 Å². The molecule has 114 valence electrons. The summed E-state index contributed by atoms with van der Waals surface area (Å²) in [6.07, 6.45) is 0. The summed E-state index contributed by atoms with van der Waals surface area (Å²) in [5, 5.41) is 14.2. The number of hydrogen-bond acceptors (Lipinski definition) is 3. The molecule has 0 radical (unpaired) electrons. The summed E-state index contributed by atoms with van der Waals surface area (Å²) in [6.45, 7) is 1.70. The molecule has 0 aliphatic rings. The smallest absolute Gasteiger partial charge is 0.269 e. The molecule has 1 amide bonds. The van der Waals surface area contributed by atoms with Gasteiger partial charge in [0.25, 0.3) is 5.69 Å². The maximum Gasteiger partial charge on any atom is 0.269 e. The minimum absolute atomic E-state index is 0.0192. The van der Waals surface area contributed by atoms with Crippen LogP contribution >= 0.6 is 23.2 Å². The van der Waals surface area contributed by atoms with Gasteiger partial charge in [-0.3, -0.25) is 14.9 Å². The van der Waals surface area contributed by atoms with Gasteiger partial charge in [0.15, 0.2) is 0 Å². The second kappa shape index (κ2) is 6.77. The highest BCUT2D eigenvalue weighted by molar-refractivity contribution is 6.35. The van der Waals surface area contributed by atoms with Crippen LogP contribution in [-0.2, 0) is 4.79 Å². The number of non-ortho nitro benzene ring substituents is 1. The third-order valence-electron chi connectivity index (χ3n) is 3.18. The number of nitrogens with zero attached hydrogens (tertiary/aromatic N) is 1. The van der Waals surface area contributed by atoms with Gasteiger partial charge in [-0.25, -0.2) is 0 Å². The number of hydrogen-bond donors (Lipinski definition) is 1. The van der Waals surface area contributed by atoms with E-state index in [0.717, 1.165) is 0 Å². The SMILES string of the molecule is C[C@H](C(=O)Nc1cc(Cl)ccc1Cl)c1ccc([N+](=O)[O-])cc1. The molecule has 0 saturated carbocycles. The quantitative estimate of drug-likeness (QED) is 0.651. The first-order chi connectivity index (χ1) is 10.4. The van der Waals surface area contributed by atoms with Crippen molar-refractivity contribution in [3.05, 3.63) is 68.2 Å². The van der Waals surface area contributed by atoms with Gasteiger partial charge in [-0.2, -0.15) is 0 Å². The molecule has 0 aromatic heterocycles. The van der Waals surface area contributed by atoms with Gasteiger partial charge in [0.1, 0.15) is 0 Å². The number of halogens is 2. The molecule has 0 heterocycles. The Morgan fingerprint density at radius 2 is 1.82 bits per heavy atom. The molecular formula is C15H12Cl2N2O3. The molecule has 1 N–H and O–H groups in total. The number of nitro benzene ring substituents is 1. The average molecular weight is 339 g/mol. The maximum atomic E-state index is 12.2. The van der Waals surface area contributed by atoms with Crippen LogP contribution in [0.5, 0.6) is 0 Å². The third-order valence-corrected chi connectivity index (χ3v) is 3.75. The van der Waals surface area contributed by atoms with E-state index in [2.05, 4.69) is 5.32 Å². The van der Waals surface area contributed by atoms with Crippen LogP contribution in [0.2, 0.25) is 10.0 Å². The van der Waals surface area contributed by atoms with E-state index >= 15 is 0 Å². The second-order valence-electron chi connectivity index (χ2n) is 4.68. The molecule has 5 nitrogen and oxygen atoms in total. The van der Waals surface area contributed by atoms with Crippen LogP contribution in [0, 0.1) is 10.1 Å². The minimum atomic E-state index is -0.490. The molecule has 22 heavy (non-hydrogen) atoms. The number of rotatable bonds is 4. The van der Waals surface area contributed by atoms with Crippen LogP contribution < -0.4 is 5.32 Å². The Labute approximate surface area is 137 Å². The van der Waals surface area contributed by atoms with Crippen molar-refractivity contribution in [1.82, 2.24) is 0 Å². The van der Waals surface area contributed by atoms with E-state index in [9.17, 15) is 14.9 Å². The summed E-state index contributed by atoms with van der Waals surface area (Å²) in [6, 6.07) is 10.6. The number of carbonyl (C=O) groups excluding carboxylic acids is 1. The van der Waals surface area contributed by atoms with E-state index in [1.165, 1.54) is 12.1 Å². The van der Waals surface area contributed by atoms with Crippen LogP contribution in [0.3, 0.4) is 0 Å². The second-order valence-corrected chi connectivity index (χ2v) is 5.53. The summed E-state index contributed by atoms with van der Waals surface area (Å²) in [5.74, 6) is -0.770. The average Bonchev–Trinajstić information content (AvgIpc) is 2.50. The van der Waals surface area contributed by atoms with E-state index in [4.69, 9.17) is 23.2 Å². The molecule has 0 saturated heterocycles. The van der Waals surface area contributed by atoms with Gasteiger partial charge >= 0.3 is 0 Å². The van der Waals surface area contributed by atoms with Gasteiger partial charge in [-0.05, 0) is 30.7 Å². The molecule has 0 bridgehead atoms. The Balaban J connectivity index is 2.15. The van der Waals surface area contributed by atoms with Crippen molar-refractivity contribution in [2.75, 3.05) is 5.32 Å². The summed E-state index contributed by atoms with van der Waals surface area (Å²) < 4.78 is 0. The standard InChI is InChI=1S/C15H12Cl2N2O3/c1-9(10-2-5-12(6-3-10)19(21)22)15(20)18-14-8-11(16)4-7-13(14)17/h2-9H,1H3,(H,18,20)/t9-/m0/s1. The van der Waals surface area contributed by atoms with Crippen molar-refractivity contribution in [2.24, 2.45) is 0 Å². The van der Waals surface area contributed by atoms with Crippen molar-refractivity contribution in [2.45, 2.75) is 12.8 Å². The van der Waals surface area contributed by atoms with Crippen LogP contribution in [0.1, 0.15) is 18.4 Å². The van der Waals surface area contributed by atoms with Gasteiger partial charge in [0, 0.05) is 17.2 Å². The van der Waals surface area contributed by atoms with Crippen molar-refractivity contribution in [3.8, 4) is 0 Å². The summed E-state index contributed by atoms with van der Waals surface area (Å²) in [4.78, 5) is 22.4. The lowest BCUT2D eigenvalue weighted by Gasteiger charge is -2.13. The number of nitrogens with one attached hydrogen (secondary N) is 1. The zero-order valence-electron chi connectivity index (χ0n) is 11.5. The fourth-order valence-corrected chi connectivity index (χ4v) is 2.21. The fraction of sp³-hybridized carbons (Fsp3) is 0.133. The number of nitro groups is 1. The van der Waals surface area contributed by atoms with E-state index in [1.54, 1.807) is 37.3 Å². The molecular weight excluding hydrogens is 327 g/mol. The molecule has 2 aromatic carbocycles. The zero-order valence-corrected chi connectivity index (χ0v) is 13.1. The topological polar surface area (TPSA) is 72.2 Å². The van der Waals surface area contributed by atoms with Gasteiger partial charge in [-0.1, -0.05) is 35.3 Å². The molecule has 0 aliphatic carbocycles. The molecule has 2 aromatic rings. The van der Waals surface area contributed by atoms with Crippen molar-refractivity contribution in [1.29, 1.82) is 0 Å². The fourth-order valence-electron chi connectivity index (χ4n) is 1.87. The molecule has 0 spiro atoms. The Morgan fingerprint density at radius 1 is 1.18 bits per heavy atom. The van der Waals surface area contributed by atoms with Gasteiger partial charge in [0.05, 0.1) is 21.6 Å². The minimum Gasteiger partial charge on any atom is -0.324 e. The van der Waals surface area contributed by atoms with Crippen LogP contribution in [0.15, 0.2) is 42.5 Å². The van der Waals surface area contributed by atoms with E-state index in [-0.39, 0.29) is 11.6 Å². The van der Waals surface area contributed by atoms with Crippen molar-refractivity contribution < 1.29 is 9.72 Å². The Kier molecular flexibility index (Phi) is 5.00. The lowest BCUT2D eigenvalue weighted by molar-refractivity contribution is -0.384. The number of anilines is 1. The van der Waals surface area contributed by atoms with Crippen molar-refractivity contribution >= 4 is 40.5 Å². The highest BCUT2D eigenvalue weighted by Crippen LogP contribution is 2.27. The number of carbonyl (C=O) groups is 1. The van der Waals surface area contributed by atoms with E-state index in [0.29, 0.717) is 21.3 Å². The highest BCUT2D eigenvalue weighted by atomic mass is 35.5. The monoisotopic (exact) mass is 338 g/mol. The summed E-state index contributed by atoms with van der Waals surface area (Å²) >= 11 is 11.9. The Morgan fingerprint density at radius 3 is 2.41 bits per heavy atom. The predicted molar refractivity (Wildman–Crippen MR) is 86.6 cm³/mol. The molecule has 2 rings (SSSR count). The summed E-state index contributed by atoms with van der Waals surface area (Å²) in [7, 11) is 0. The van der Waals surface area contributed by atoms with E-state index < -0.39 is 10.8 Å². The van der Waals surface area contributed by atoms with Crippen LogP contribution in [-0.4, -0.2) is 10.8 Å². The largest absolute Gasteiger partial charge is 0.324 e. The third kappa shape index (κ3) is 3.75. The highest BCUT2D eigenvalue weighted by Gasteiger charge is 2.17. The van der Waals surface area contributed by atoms with Gasteiger partial charge < -0.3 is 5.32 Å². The molecule has 0 aliphatic heterocycles. The first kappa shape index (κ1) is 16.3. The summed E-state index contributed by atoms with van der Waals surface area (Å²) in [5.41, 5.74) is 1.07. The lowest BCUT2D eigenvalue weighted by atomic mass is 10.00. The lowest BCUT2D eigenvalue weighted by Crippen LogP contribution is -2.19. The molecule has 1 atom stereocenters. The predicted octanol–water partition coefficient (Wildman–Crippen LogP) is 4.64. The number of benzene rings is 2. The first-order valence-corrected chi connectivity index (χ1v) is 7.14. The van der Waals surface area contributed by atoms with E-state index in [1.807, 2.05) is 0 Å². The van der Waals surface area contributed by atoms with Gasteiger partial charge in [-0.15, -0.1) is 0 Å².